The smallest absolute Gasteiger partial charge is 0.253 e. The standard InChI is InChI=1S/C20H26N4O2/c1-22-7-4-16(10-19(22)25)12-23-8-5-15(6-9-23)13-24-14-21-18(11-20(24)26)17-2-3-17/h4,7,10-11,14-15,17H,2-3,5-6,8-9,12-13H2,1H3. The van der Waals surface area contributed by atoms with Gasteiger partial charge in [0.2, 0.25) is 0 Å². The van der Waals surface area contributed by atoms with Gasteiger partial charge in [0, 0.05) is 44.4 Å². The zero-order chi connectivity index (χ0) is 18.1. The van der Waals surface area contributed by atoms with E-state index in [0.29, 0.717) is 11.8 Å². The Bertz CT molecular complexity index is 889. The van der Waals surface area contributed by atoms with Crippen LogP contribution in [0.4, 0.5) is 0 Å². The van der Waals surface area contributed by atoms with Gasteiger partial charge in [0.25, 0.3) is 11.1 Å². The molecule has 0 amide bonds. The molecule has 6 nitrogen and oxygen atoms in total. The molecule has 0 bridgehead atoms. The molecule has 4 rings (SSSR count). The summed E-state index contributed by atoms with van der Waals surface area (Å²) in [6.07, 6.45) is 8.05. The minimum absolute atomic E-state index is 0.0407. The summed E-state index contributed by atoms with van der Waals surface area (Å²) in [5.74, 6) is 1.04. The Morgan fingerprint density at radius 1 is 1.08 bits per heavy atom. The molecule has 0 atom stereocenters. The average Bonchev–Trinajstić information content (AvgIpc) is 3.47. The van der Waals surface area contributed by atoms with E-state index in [-0.39, 0.29) is 11.1 Å². The lowest BCUT2D eigenvalue weighted by molar-refractivity contribution is 0.166. The number of nitrogens with zero attached hydrogens (tertiary/aromatic N) is 4. The van der Waals surface area contributed by atoms with Gasteiger partial charge in [0.1, 0.15) is 0 Å². The normalized spacial score (nSPS) is 19.0. The van der Waals surface area contributed by atoms with Crippen molar-refractivity contribution in [3.05, 3.63) is 62.7 Å². The fourth-order valence-electron chi connectivity index (χ4n) is 3.73. The van der Waals surface area contributed by atoms with Crippen molar-refractivity contribution in [2.45, 2.75) is 44.7 Å². The molecule has 0 N–H and O–H groups in total. The first-order chi connectivity index (χ1) is 12.6. The van der Waals surface area contributed by atoms with Crippen molar-refractivity contribution in [1.82, 2.24) is 19.0 Å². The van der Waals surface area contributed by atoms with Crippen LogP contribution in [0.2, 0.25) is 0 Å². The number of likely N-dealkylation sites (tertiary alicyclic amines) is 1. The number of pyridine rings is 1. The van der Waals surface area contributed by atoms with Crippen molar-refractivity contribution >= 4 is 0 Å². The number of hydrogen-bond acceptors (Lipinski definition) is 4. The van der Waals surface area contributed by atoms with E-state index < -0.39 is 0 Å². The summed E-state index contributed by atoms with van der Waals surface area (Å²) in [5, 5.41) is 0. The highest BCUT2D eigenvalue weighted by atomic mass is 16.1. The molecule has 0 aromatic carbocycles. The van der Waals surface area contributed by atoms with Gasteiger partial charge in [-0.05, 0) is 56.3 Å². The van der Waals surface area contributed by atoms with Gasteiger partial charge in [-0.3, -0.25) is 19.1 Å². The van der Waals surface area contributed by atoms with Gasteiger partial charge in [-0.15, -0.1) is 0 Å². The average molecular weight is 354 g/mol. The van der Waals surface area contributed by atoms with E-state index in [0.717, 1.165) is 50.3 Å². The Morgan fingerprint density at radius 3 is 2.50 bits per heavy atom. The van der Waals surface area contributed by atoms with Crippen molar-refractivity contribution in [1.29, 1.82) is 0 Å². The molecular weight excluding hydrogens is 328 g/mol. The Balaban J connectivity index is 1.31. The summed E-state index contributed by atoms with van der Waals surface area (Å²) in [4.78, 5) is 30.9. The second kappa shape index (κ2) is 7.19. The van der Waals surface area contributed by atoms with Gasteiger partial charge in [-0.2, -0.15) is 0 Å². The van der Waals surface area contributed by atoms with E-state index in [1.807, 2.05) is 12.3 Å². The molecule has 2 fully saturated rings. The van der Waals surface area contributed by atoms with Crippen LogP contribution in [-0.4, -0.2) is 32.1 Å². The molecule has 1 aliphatic carbocycles. The Hall–Kier alpha value is -2.21. The minimum Gasteiger partial charge on any atom is -0.319 e. The lowest BCUT2D eigenvalue weighted by Gasteiger charge is -2.32. The van der Waals surface area contributed by atoms with Crippen molar-refractivity contribution in [3.63, 3.8) is 0 Å². The number of hydrogen-bond donors (Lipinski definition) is 0. The molecule has 1 aliphatic heterocycles. The molecule has 3 heterocycles. The fourth-order valence-corrected chi connectivity index (χ4v) is 3.73. The summed E-state index contributed by atoms with van der Waals surface area (Å²) in [6, 6.07) is 5.46. The van der Waals surface area contributed by atoms with Crippen LogP contribution in [-0.2, 0) is 20.1 Å². The molecule has 1 saturated carbocycles. The monoisotopic (exact) mass is 354 g/mol. The van der Waals surface area contributed by atoms with Crippen LogP contribution in [0, 0.1) is 5.92 Å². The third-order valence-corrected chi connectivity index (χ3v) is 5.63. The summed E-state index contributed by atoms with van der Waals surface area (Å²) in [6.45, 7) is 3.58. The molecular formula is C20H26N4O2. The highest BCUT2D eigenvalue weighted by Crippen LogP contribution is 2.38. The van der Waals surface area contributed by atoms with E-state index in [1.54, 1.807) is 34.6 Å². The van der Waals surface area contributed by atoms with Gasteiger partial charge in [-0.1, -0.05) is 0 Å². The second-order valence-electron chi connectivity index (χ2n) is 7.78. The molecule has 2 aromatic heterocycles. The summed E-state index contributed by atoms with van der Waals surface area (Å²) in [5.41, 5.74) is 2.17. The third-order valence-electron chi connectivity index (χ3n) is 5.63. The van der Waals surface area contributed by atoms with E-state index in [9.17, 15) is 9.59 Å². The van der Waals surface area contributed by atoms with Crippen LogP contribution in [0.3, 0.4) is 0 Å². The topological polar surface area (TPSA) is 60.1 Å². The first-order valence-electron chi connectivity index (χ1n) is 9.53. The van der Waals surface area contributed by atoms with Gasteiger partial charge in [-0.25, -0.2) is 4.98 Å². The Morgan fingerprint density at radius 2 is 1.85 bits per heavy atom. The molecule has 6 heteroatoms. The SMILES string of the molecule is Cn1ccc(CN2CCC(Cn3cnc(C4CC4)cc3=O)CC2)cc1=O. The van der Waals surface area contributed by atoms with Gasteiger partial charge in [0.15, 0.2) is 0 Å². The van der Waals surface area contributed by atoms with Crippen LogP contribution < -0.4 is 11.1 Å². The van der Waals surface area contributed by atoms with E-state index in [1.165, 1.54) is 12.8 Å². The summed E-state index contributed by atoms with van der Waals surface area (Å²) < 4.78 is 3.36. The number of aryl methyl sites for hydroxylation is 1. The number of aromatic nitrogens is 3. The van der Waals surface area contributed by atoms with Gasteiger partial charge in [0.05, 0.1) is 12.0 Å². The lowest BCUT2D eigenvalue weighted by atomic mass is 9.96. The van der Waals surface area contributed by atoms with E-state index >= 15 is 0 Å². The maximum Gasteiger partial charge on any atom is 0.253 e. The molecule has 1 saturated heterocycles. The van der Waals surface area contributed by atoms with Crippen molar-refractivity contribution in [2.75, 3.05) is 13.1 Å². The maximum absolute atomic E-state index is 12.3. The second-order valence-corrected chi connectivity index (χ2v) is 7.78. The third kappa shape index (κ3) is 3.96. The van der Waals surface area contributed by atoms with E-state index in [4.69, 9.17) is 0 Å². The van der Waals surface area contributed by atoms with Crippen LogP contribution in [0.25, 0.3) is 0 Å². The van der Waals surface area contributed by atoms with Crippen molar-refractivity contribution in [2.24, 2.45) is 13.0 Å². The zero-order valence-corrected chi connectivity index (χ0v) is 15.3. The van der Waals surface area contributed by atoms with Gasteiger partial charge >= 0.3 is 0 Å². The van der Waals surface area contributed by atoms with E-state index in [2.05, 4.69) is 9.88 Å². The largest absolute Gasteiger partial charge is 0.319 e. The summed E-state index contributed by atoms with van der Waals surface area (Å²) >= 11 is 0. The predicted octanol–water partition coefficient (Wildman–Crippen LogP) is 1.73. The Labute approximate surface area is 153 Å². The van der Waals surface area contributed by atoms with Crippen LogP contribution in [0.5, 0.6) is 0 Å². The minimum atomic E-state index is 0.0407. The predicted molar refractivity (Wildman–Crippen MR) is 100 cm³/mol. The highest BCUT2D eigenvalue weighted by Gasteiger charge is 2.26. The zero-order valence-electron chi connectivity index (χ0n) is 15.3. The molecule has 2 aliphatic rings. The van der Waals surface area contributed by atoms with Crippen LogP contribution in [0.1, 0.15) is 42.9 Å². The summed E-state index contributed by atoms with van der Waals surface area (Å²) in [7, 11) is 1.77. The Kier molecular flexibility index (Phi) is 4.76. The number of rotatable bonds is 5. The number of piperidine rings is 1. The molecule has 26 heavy (non-hydrogen) atoms. The van der Waals surface area contributed by atoms with Crippen LogP contribution >= 0.6 is 0 Å². The molecule has 138 valence electrons. The molecule has 0 unspecified atom stereocenters. The van der Waals surface area contributed by atoms with Crippen molar-refractivity contribution < 1.29 is 0 Å². The van der Waals surface area contributed by atoms with Crippen LogP contribution in [0.15, 0.2) is 40.3 Å². The maximum atomic E-state index is 12.3. The molecule has 0 radical (unpaired) electrons. The molecule has 0 spiro atoms. The quantitative estimate of drug-likeness (QED) is 0.820. The first kappa shape index (κ1) is 17.2. The fraction of sp³-hybridized carbons (Fsp3) is 0.550. The first-order valence-corrected chi connectivity index (χ1v) is 9.53. The highest BCUT2D eigenvalue weighted by molar-refractivity contribution is 5.12. The lowest BCUT2D eigenvalue weighted by Crippen LogP contribution is -2.36. The van der Waals surface area contributed by atoms with Gasteiger partial charge < -0.3 is 4.57 Å². The van der Waals surface area contributed by atoms with Crippen molar-refractivity contribution in [3.8, 4) is 0 Å². The molecule has 2 aromatic rings.